The number of hydrogen-bond donors (Lipinski definition) is 0. The van der Waals surface area contributed by atoms with Gasteiger partial charge in [0.1, 0.15) is 5.75 Å². The first-order chi connectivity index (χ1) is 31.9. The first-order valence-electron chi connectivity index (χ1n) is 18.6. The molecule has 7 rings (SSSR count). The Balaban J connectivity index is 0.000000276. The fraction of sp³-hybridized carbons (Fsp3) is 0.0667. The molecule has 23 heteroatoms. The van der Waals surface area contributed by atoms with Gasteiger partial charge in [-0.2, -0.15) is 0 Å². The molecule has 0 fully saturated rings. The zero-order chi connectivity index (χ0) is 50.6. The van der Waals surface area contributed by atoms with Gasteiger partial charge in [-0.05, 0) is 49.2 Å². The van der Waals surface area contributed by atoms with E-state index in [0.717, 1.165) is 5.75 Å². The predicted octanol–water partition coefficient (Wildman–Crippen LogP) is 11.3. The summed E-state index contributed by atoms with van der Waals surface area (Å²) in [4.78, 5) is 4.00. The van der Waals surface area contributed by atoms with Crippen molar-refractivity contribution in [2.75, 3.05) is 7.11 Å². The number of ether oxygens (including phenoxy) is 1. The summed E-state index contributed by atoms with van der Waals surface area (Å²) < 4.78 is 286. The van der Waals surface area contributed by atoms with Crippen molar-refractivity contribution in [1.82, 2.24) is 0 Å². The van der Waals surface area contributed by atoms with Gasteiger partial charge in [-0.25, -0.2) is 0 Å². The summed E-state index contributed by atoms with van der Waals surface area (Å²) in [5, 5.41) is 0. The molecule has 1 nitrogen and oxygen atoms in total. The van der Waals surface area contributed by atoms with Crippen LogP contribution in [0, 0.1) is 130 Å². The van der Waals surface area contributed by atoms with E-state index >= 15 is 35.1 Å². The molecule has 7 aromatic rings. The molecule has 68 heavy (non-hydrogen) atoms. The Labute approximate surface area is 375 Å². The summed E-state index contributed by atoms with van der Waals surface area (Å²) in [5.74, 6) is -69.5. The Kier molecular flexibility index (Phi) is 14.7. The molecule has 0 aliphatic heterocycles. The Morgan fingerprint density at radius 3 is 0.721 bits per heavy atom. The molecule has 0 aliphatic carbocycles. The monoisotopic (exact) mass is 1060 g/mol. The number of halogens is 20. The van der Waals surface area contributed by atoms with E-state index < -0.39 is 148 Å². The van der Waals surface area contributed by atoms with Crippen molar-refractivity contribution in [3.05, 3.63) is 200 Å². The number of aryl methyl sites for hydroxylation is 2. The van der Waals surface area contributed by atoms with Crippen LogP contribution in [0.4, 0.5) is 87.8 Å². The van der Waals surface area contributed by atoms with Crippen molar-refractivity contribution in [1.29, 1.82) is 0 Å². The molecule has 0 amide bonds. The maximum atomic E-state index is 15.4. The molecular formula is C45H21F20GaOS. The van der Waals surface area contributed by atoms with Crippen LogP contribution in [0.25, 0.3) is 0 Å². The van der Waals surface area contributed by atoms with E-state index in [0.29, 0.717) is 0 Å². The molecule has 0 N–H and O–H groups in total. The summed E-state index contributed by atoms with van der Waals surface area (Å²) >= 11 is -9.74. The van der Waals surface area contributed by atoms with Crippen molar-refractivity contribution < 1.29 is 92.5 Å². The standard InChI is InChI=1S/C21H21OS.4C6F5.Ga/c1-16-14-20(15-17(2)21(16)22-3)23(18-10-6-4-7-11-18)19-12-8-5-9-13-19;4*7-2-1-3(8)5(10)6(11)4(2)9;/h4-15H,1-3H3;;;;;/q+1;;;;;-1. The molecule has 0 bridgehead atoms. The molecule has 7 aromatic carbocycles. The van der Waals surface area contributed by atoms with Crippen LogP contribution in [0.3, 0.4) is 0 Å². The Morgan fingerprint density at radius 1 is 0.309 bits per heavy atom. The first kappa shape index (κ1) is 51.3. The van der Waals surface area contributed by atoms with Crippen LogP contribution in [-0.2, 0) is 10.9 Å². The molecule has 0 saturated heterocycles. The zero-order valence-electron chi connectivity index (χ0n) is 33.9. The second-order valence-corrected chi connectivity index (χ2v) is 24.8. The van der Waals surface area contributed by atoms with E-state index in [2.05, 4.69) is 86.6 Å². The van der Waals surface area contributed by atoms with E-state index in [9.17, 15) is 52.7 Å². The molecule has 0 aromatic heterocycles. The van der Waals surface area contributed by atoms with Crippen molar-refractivity contribution >= 4 is 42.4 Å². The van der Waals surface area contributed by atoms with Gasteiger partial charge in [0.2, 0.25) is 0 Å². The molecule has 0 saturated carbocycles. The third-order valence-electron chi connectivity index (χ3n) is 10.5. The van der Waals surface area contributed by atoms with E-state index in [1.54, 1.807) is 7.11 Å². The van der Waals surface area contributed by atoms with Gasteiger partial charge in [0.25, 0.3) is 0 Å². The normalized spacial score (nSPS) is 11.6. The summed E-state index contributed by atoms with van der Waals surface area (Å²) in [6, 6.07) is 26.0. The quantitative estimate of drug-likeness (QED) is 0.0485. The van der Waals surface area contributed by atoms with Crippen molar-refractivity contribution in [2.24, 2.45) is 0 Å². The molecule has 356 valence electrons. The number of rotatable bonds is 8. The summed E-state index contributed by atoms with van der Waals surface area (Å²) in [7, 11) is 1.64. The van der Waals surface area contributed by atoms with E-state index in [4.69, 9.17) is 4.74 Å². The SMILES string of the molecule is COc1c(C)cc([S+](c2ccccc2)c2ccccc2)cc1C.Fc1c(F)c(F)[c]([Ga-]([c]2c(F)c(F)c(F)c(F)c2F)([c]2c(F)c(F)c(F)c(F)c2F)[c]2c(F)c(F)c(F)c(F)c2F)c(F)c1F. The molecule has 0 aliphatic rings. The van der Waals surface area contributed by atoms with Crippen LogP contribution in [0.1, 0.15) is 11.1 Å². The van der Waals surface area contributed by atoms with Crippen LogP contribution in [0.15, 0.2) is 87.5 Å². The zero-order valence-corrected chi connectivity index (χ0v) is 37.1. The minimum absolute atomic E-state index is 0.101. The fourth-order valence-electron chi connectivity index (χ4n) is 7.75. The Bertz CT molecular complexity index is 2690. The Hall–Kier alpha value is -6.07. The van der Waals surface area contributed by atoms with Gasteiger partial charge in [-0.1, -0.05) is 36.4 Å². The predicted molar refractivity (Wildman–Crippen MR) is 207 cm³/mol. The van der Waals surface area contributed by atoms with Crippen LogP contribution < -0.4 is 21.2 Å². The van der Waals surface area contributed by atoms with Gasteiger partial charge < -0.3 is 4.74 Å². The second-order valence-electron chi connectivity index (χ2n) is 14.3. The molecule has 0 heterocycles. The molecule has 0 unspecified atom stereocenters. The van der Waals surface area contributed by atoms with E-state index in [-0.39, 0.29) is 10.9 Å². The van der Waals surface area contributed by atoms with Crippen LogP contribution in [-0.4, -0.2) is 22.1 Å². The van der Waals surface area contributed by atoms with Crippen molar-refractivity contribution in [2.45, 2.75) is 28.5 Å². The second kappa shape index (κ2) is 19.5. The van der Waals surface area contributed by atoms with Gasteiger partial charge >= 0.3 is 236 Å². The maximum absolute atomic E-state index is 15.4. The van der Waals surface area contributed by atoms with Gasteiger partial charge in [0, 0.05) is 12.1 Å². The summed E-state index contributed by atoms with van der Waals surface area (Å²) in [5.41, 5.74) is 2.37. The van der Waals surface area contributed by atoms with E-state index in [1.807, 2.05) is 0 Å². The van der Waals surface area contributed by atoms with Gasteiger partial charge in [0.05, 0.1) is 18.0 Å². The summed E-state index contributed by atoms with van der Waals surface area (Å²) in [6.07, 6.45) is 0. The minimum atomic E-state index is -9.74. The molecular weight excluding hydrogens is 1040 g/mol. The molecule has 0 radical (unpaired) electrons. The molecule has 0 atom stereocenters. The number of hydrogen-bond acceptors (Lipinski definition) is 1. The van der Waals surface area contributed by atoms with Crippen molar-refractivity contribution in [3.63, 3.8) is 0 Å². The third-order valence-corrected chi connectivity index (χ3v) is 24.3. The Morgan fingerprint density at radius 2 is 0.515 bits per heavy atom. The number of methoxy groups -OCH3 is 1. The molecule has 0 spiro atoms. The van der Waals surface area contributed by atoms with Crippen molar-refractivity contribution in [3.8, 4) is 5.75 Å². The number of benzene rings is 7. The van der Waals surface area contributed by atoms with Crippen LogP contribution in [0.5, 0.6) is 5.75 Å². The average Bonchev–Trinajstić information content (AvgIpc) is 3.32. The van der Waals surface area contributed by atoms with Crippen LogP contribution in [0.2, 0.25) is 0 Å². The van der Waals surface area contributed by atoms with E-state index in [1.165, 1.54) is 25.8 Å². The summed E-state index contributed by atoms with van der Waals surface area (Å²) in [6.45, 7) is 4.24. The average molecular weight is 1060 g/mol. The first-order valence-corrected chi connectivity index (χ1v) is 24.7. The van der Waals surface area contributed by atoms with Gasteiger partial charge in [-0.15, -0.1) is 0 Å². The van der Waals surface area contributed by atoms with Gasteiger partial charge in [0.15, 0.2) is 14.7 Å². The van der Waals surface area contributed by atoms with Crippen LogP contribution >= 0.6 is 0 Å². The third kappa shape index (κ3) is 8.14. The van der Waals surface area contributed by atoms with Gasteiger partial charge in [-0.3, -0.25) is 0 Å². The topological polar surface area (TPSA) is 9.23 Å². The fourth-order valence-corrected chi connectivity index (χ4v) is 22.2.